The molecule has 1 aliphatic heterocycles. The van der Waals surface area contributed by atoms with Crippen molar-refractivity contribution in [2.75, 3.05) is 6.54 Å². The van der Waals surface area contributed by atoms with E-state index in [1.807, 2.05) is 6.92 Å². The lowest BCUT2D eigenvalue weighted by atomic mass is 10.00. The van der Waals surface area contributed by atoms with Crippen LogP contribution in [0.25, 0.3) is 0 Å². The largest absolute Gasteiger partial charge is 0.326 e. The fourth-order valence-corrected chi connectivity index (χ4v) is 4.63. The minimum atomic E-state index is -3.69. The first-order chi connectivity index (χ1) is 9.32. The molecule has 21 heavy (non-hydrogen) atoms. The zero-order valence-corrected chi connectivity index (χ0v) is 13.9. The van der Waals surface area contributed by atoms with E-state index in [1.54, 1.807) is 6.92 Å². The molecule has 0 amide bonds. The third-order valence-corrected chi connectivity index (χ3v) is 5.63. The van der Waals surface area contributed by atoms with Crippen LogP contribution < -0.4 is 5.73 Å². The highest BCUT2D eigenvalue weighted by Crippen LogP contribution is 2.27. The van der Waals surface area contributed by atoms with E-state index in [2.05, 4.69) is 0 Å². The van der Waals surface area contributed by atoms with Gasteiger partial charge in [-0.25, -0.2) is 12.8 Å². The average Bonchev–Trinajstić information content (AvgIpc) is 2.37. The number of piperidine rings is 1. The number of nitrogens with two attached hydrogens (primary N) is 1. The molecule has 0 bridgehead atoms. The molecule has 2 unspecified atom stereocenters. The number of aryl methyl sites for hydroxylation is 1. The number of hydrogen-bond donors (Lipinski definition) is 1. The van der Waals surface area contributed by atoms with E-state index >= 15 is 0 Å². The highest BCUT2D eigenvalue weighted by Gasteiger charge is 2.35. The van der Waals surface area contributed by atoms with Crippen molar-refractivity contribution in [3.63, 3.8) is 0 Å². The number of halogens is 2. The molecule has 120 valence electrons. The van der Waals surface area contributed by atoms with E-state index in [9.17, 15) is 12.8 Å². The average molecular weight is 337 g/mol. The van der Waals surface area contributed by atoms with Gasteiger partial charge in [0, 0.05) is 18.6 Å². The van der Waals surface area contributed by atoms with Crippen LogP contribution in [0, 0.1) is 12.7 Å². The maximum absolute atomic E-state index is 13.5. The molecule has 1 aromatic rings. The molecule has 0 radical (unpaired) electrons. The normalized spacial score (nSPS) is 21.6. The van der Waals surface area contributed by atoms with E-state index in [0.29, 0.717) is 12.1 Å². The predicted octanol–water partition coefficient (Wildman–Crippen LogP) is 2.45. The fraction of sp³-hybridized carbons (Fsp3) is 0.571. The second-order valence-electron chi connectivity index (χ2n) is 5.50. The quantitative estimate of drug-likeness (QED) is 0.922. The van der Waals surface area contributed by atoms with Gasteiger partial charge in [0.2, 0.25) is 10.0 Å². The van der Waals surface area contributed by atoms with Crippen LogP contribution in [-0.4, -0.2) is 31.4 Å². The number of nitrogens with zero attached hydrogens (tertiary/aromatic N) is 1. The summed E-state index contributed by atoms with van der Waals surface area (Å²) in [5.41, 5.74) is 6.51. The van der Waals surface area contributed by atoms with Gasteiger partial charge in [-0.3, -0.25) is 0 Å². The number of rotatable bonds is 3. The second-order valence-corrected chi connectivity index (χ2v) is 7.39. The van der Waals surface area contributed by atoms with Gasteiger partial charge in [0.05, 0.1) is 4.90 Å². The van der Waals surface area contributed by atoms with Crippen molar-refractivity contribution in [3.8, 4) is 0 Å². The van der Waals surface area contributed by atoms with Crippen molar-refractivity contribution in [3.05, 3.63) is 29.6 Å². The van der Waals surface area contributed by atoms with Crippen LogP contribution >= 0.6 is 12.4 Å². The summed E-state index contributed by atoms with van der Waals surface area (Å²) in [4.78, 5) is 0.0163. The number of sulfonamides is 1. The third-order valence-electron chi connectivity index (χ3n) is 3.73. The summed E-state index contributed by atoms with van der Waals surface area (Å²) in [6.45, 7) is 3.95. The summed E-state index contributed by atoms with van der Waals surface area (Å²) in [5, 5.41) is 0. The van der Waals surface area contributed by atoms with Crippen molar-refractivity contribution < 1.29 is 12.8 Å². The molecular formula is C14H22ClFN2O2S. The van der Waals surface area contributed by atoms with Gasteiger partial charge in [0.25, 0.3) is 0 Å². The first kappa shape index (κ1) is 18.4. The summed E-state index contributed by atoms with van der Waals surface area (Å²) >= 11 is 0. The highest BCUT2D eigenvalue weighted by molar-refractivity contribution is 7.89. The molecule has 2 N–H and O–H groups in total. The molecule has 4 nitrogen and oxygen atoms in total. The Morgan fingerprint density at radius 3 is 2.57 bits per heavy atom. The molecule has 0 aliphatic carbocycles. The molecule has 7 heteroatoms. The smallest absolute Gasteiger partial charge is 0.243 e. The molecule has 1 aliphatic rings. The maximum atomic E-state index is 13.5. The summed E-state index contributed by atoms with van der Waals surface area (Å²) in [6, 6.07) is 3.45. The van der Waals surface area contributed by atoms with Crippen LogP contribution in [0.15, 0.2) is 23.1 Å². The van der Waals surface area contributed by atoms with Crippen molar-refractivity contribution >= 4 is 22.4 Å². The predicted molar refractivity (Wildman–Crippen MR) is 83.6 cm³/mol. The van der Waals surface area contributed by atoms with Crippen molar-refractivity contribution in [1.82, 2.24) is 4.31 Å². The van der Waals surface area contributed by atoms with E-state index in [-0.39, 0.29) is 29.4 Å². The van der Waals surface area contributed by atoms with Gasteiger partial charge in [-0.2, -0.15) is 4.31 Å². The number of benzene rings is 1. The summed E-state index contributed by atoms with van der Waals surface area (Å²) < 4.78 is 40.3. The van der Waals surface area contributed by atoms with Crippen LogP contribution in [-0.2, 0) is 10.0 Å². The second kappa shape index (κ2) is 7.05. The van der Waals surface area contributed by atoms with E-state index in [1.165, 1.54) is 16.4 Å². The lowest BCUT2D eigenvalue weighted by Crippen LogP contribution is -2.51. The van der Waals surface area contributed by atoms with Crippen LogP contribution in [0.1, 0.15) is 31.7 Å². The molecule has 0 aromatic heterocycles. The van der Waals surface area contributed by atoms with Gasteiger partial charge in [-0.15, -0.1) is 12.4 Å². The Hall–Kier alpha value is -0.690. The SMILES string of the molecule is Cc1cc(F)cc(S(=O)(=O)N2CCCCC2C(C)N)c1.Cl. The Bertz CT molecular complexity index is 572. The molecule has 0 saturated carbocycles. The van der Waals surface area contributed by atoms with Crippen LogP contribution in [0.4, 0.5) is 4.39 Å². The van der Waals surface area contributed by atoms with Gasteiger partial charge in [0.1, 0.15) is 5.82 Å². The van der Waals surface area contributed by atoms with E-state index in [0.717, 1.165) is 25.3 Å². The Labute approximate surface area is 132 Å². The van der Waals surface area contributed by atoms with E-state index in [4.69, 9.17) is 5.73 Å². The minimum absolute atomic E-state index is 0. The zero-order chi connectivity index (χ0) is 14.9. The molecule has 0 spiro atoms. The third kappa shape index (κ3) is 3.94. The van der Waals surface area contributed by atoms with E-state index < -0.39 is 15.8 Å². The van der Waals surface area contributed by atoms with Gasteiger partial charge < -0.3 is 5.73 Å². The van der Waals surface area contributed by atoms with Gasteiger partial charge in [-0.05, 0) is 50.5 Å². The first-order valence-electron chi connectivity index (χ1n) is 6.87. The highest BCUT2D eigenvalue weighted by atomic mass is 35.5. The minimum Gasteiger partial charge on any atom is -0.326 e. The topological polar surface area (TPSA) is 63.4 Å². The molecule has 2 rings (SSSR count). The Morgan fingerprint density at radius 2 is 2.00 bits per heavy atom. The molecule has 2 atom stereocenters. The molecule has 1 heterocycles. The Balaban J connectivity index is 0.00000220. The summed E-state index contributed by atoms with van der Waals surface area (Å²) in [6.07, 6.45) is 2.54. The zero-order valence-electron chi connectivity index (χ0n) is 12.3. The standard InChI is InChI=1S/C14H21FN2O2S.ClH/c1-10-7-12(15)9-13(8-10)20(18,19)17-6-4-3-5-14(17)11(2)16;/h7-9,11,14H,3-6,16H2,1-2H3;1H. The van der Waals surface area contributed by atoms with Crippen molar-refractivity contribution in [2.24, 2.45) is 5.73 Å². The number of hydrogen-bond acceptors (Lipinski definition) is 3. The van der Waals surface area contributed by atoms with Gasteiger partial charge >= 0.3 is 0 Å². The fourth-order valence-electron chi connectivity index (χ4n) is 2.74. The monoisotopic (exact) mass is 336 g/mol. The van der Waals surface area contributed by atoms with Crippen molar-refractivity contribution in [2.45, 2.75) is 50.1 Å². The summed E-state index contributed by atoms with van der Waals surface area (Å²) in [5.74, 6) is -0.530. The lowest BCUT2D eigenvalue weighted by Gasteiger charge is -2.36. The Kier molecular flexibility index (Phi) is 6.16. The molecular weight excluding hydrogens is 315 g/mol. The van der Waals surface area contributed by atoms with Gasteiger partial charge in [0.15, 0.2) is 0 Å². The van der Waals surface area contributed by atoms with Crippen molar-refractivity contribution in [1.29, 1.82) is 0 Å². The first-order valence-corrected chi connectivity index (χ1v) is 8.31. The van der Waals surface area contributed by atoms with Crippen LogP contribution in [0.5, 0.6) is 0 Å². The maximum Gasteiger partial charge on any atom is 0.243 e. The molecule has 1 saturated heterocycles. The van der Waals surface area contributed by atoms with Crippen LogP contribution in [0.2, 0.25) is 0 Å². The molecule has 1 fully saturated rings. The van der Waals surface area contributed by atoms with Crippen LogP contribution in [0.3, 0.4) is 0 Å². The molecule has 1 aromatic carbocycles. The lowest BCUT2D eigenvalue weighted by molar-refractivity contribution is 0.227. The summed E-state index contributed by atoms with van der Waals surface area (Å²) in [7, 11) is -3.69. The van der Waals surface area contributed by atoms with Gasteiger partial charge in [-0.1, -0.05) is 6.42 Å². The Morgan fingerprint density at radius 1 is 1.33 bits per heavy atom.